The summed E-state index contributed by atoms with van der Waals surface area (Å²) in [5.41, 5.74) is 6.25. The first-order valence-electron chi connectivity index (χ1n) is 4.27. The molecule has 0 radical (unpaired) electrons. The third-order valence-electron chi connectivity index (χ3n) is 1.65. The minimum absolute atomic E-state index is 0.0339. The van der Waals surface area contributed by atoms with E-state index in [9.17, 15) is 4.79 Å². The van der Waals surface area contributed by atoms with E-state index >= 15 is 0 Å². The molecule has 0 atom stereocenters. The van der Waals surface area contributed by atoms with Gasteiger partial charge in [-0.1, -0.05) is 0 Å². The van der Waals surface area contributed by atoms with E-state index in [4.69, 9.17) is 5.73 Å². The normalized spacial score (nSPS) is 9.92. The molecule has 0 spiro atoms. The quantitative estimate of drug-likeness (QED) is 0.588. The maximum Gasteiger partial charge on any atom is 0.220 e. The third kappa shape index (κ3) is 3.71. The standard InChI is InChI=1S/C8H14N4O/c9-3-1-2-8(13)10-4-7-5-11-12-6-7/h5-6H,1-4,9H2,(H,10,13)(H,11,12). The molecule has 0 bridgehead atoms. The van der Waals surface area contributed by atoms with Gasteiger partial charge in [-0.15, -0.1) is 0 Å². The van der Waals surface area contributed by atoms with Crippen LogP contribution in [0, 0.1) is 0 Å². The Bertz CT molecular complexity index is 245. The van der Waals surface area contributed by atoms with Crippen LogP contribution in [-0.2, 0) is 11.3 Å². The highest BCUT2D eigenvalue weighted by molar-refractivity contribution is 5.75. The molecular weight excluding hydrogens is 168 g/mol. The number of nitrogens with one attached hydrogen (secondary N) is 2. The van der Waals surface area contributed by atoms with Crippen molar-refractivity contribution in [2.75, 3.05) is 6.54 Å². The topological polar surface area (TPSA) is 83.8 Å². The number of nitrogens with two attached hydrogens (primary N) is 1. The highest BCUT2D eigenvalue weighted by Crippen LogP contribution is 1.93. The van der Waals surface area contributed by atoms with Crippen molar-refractivity contribution in [3.63, 3.8) is 0 Å². The summed E-state index contributed by atoms with van der Waals surface area (Å²) in [7, 11) is 0. The number of aromatic nitrogens is 2. The van der Waals surface area contributed by atoms with Crippen LogP contribution in [0.2, 0.25) is 0 Å². The molecule has 1 aromatic heterocycles. The second-order valence-corrected chi connectivity index (χ2v) is 2.78. The Labute approximate surface area is 76.7 Å². The molecule has 13 heavy (non-hydrogen) atoms. The molecule has 0 aromatic carbocycles. The number of hydrogen-bond acceptors (Lipinski definition) is 3. The van der Waals surface area contributed by atoms with Gasteiger partial charge in [-0.3, -0.25) is 9.89 Å². The van der Waals surface area contributed by atoms with Crippen LogP contribution in [0.25, 0.3) is 0 Å². The molecule has 1 heterocycles. The van der Waals surface area contributed by atoms with E-state index in [1.807, 2.05) is 0 Å². The van der Waals surface area contributed by atoms with Crippen molar-refractivity contribution in [3.05, 3.63) is 18.0 Å². The van der Waals surface area contributed by atoms with Crippen molar-refractivity contribution in [1.29, 1.82) is 0 Å². The lowest BCUT2D eigenvalue weighted by Gasteiger charge is -2.01. The maximum absolute atomic E-state index is 11.1. The van der Waals surface area contributed by atoms with Gasteiger partial charge in [0, 0.05) is 24.7 Å². The fraction of sp³-hybridized carbons (Fsp3) is 0.500. The Hall–Kier alpha value is -1.36. The van der Waals surface area contributed by atoms with Gasteiger partial charge in [0.1, 0.15) is 0 Å². The van der Waals surface area contributed by atoms with Gasteiger partial charge in [-0.05, 0) is 13.0 Å². The molecule has 1 amide bonds. The van der Waals surface area contributed by atoms with E-state index in [1.165, 1.54) is 0 Å². The Morgan fingerprint density at radius 3 is 3.15 bits per heavy atom. The molecular formula is C8H14N4O. The predicted octanol–water partition coefficient (Wildman–Crippen LogP) is -0.235. The SMILES string of the molecule is NCCCC(=O)NCc1cn[nH]c1. The molecule has 0 saturated carbocycles. The van der Waals surface area contributed by atoms with Crippen LogP contribution in [0.5, 0.6) is 0 Å². The first-order valence-corrected chi connectivity index (χ1v) is 4.27. The summed E-state index contributed by atoms with van der Waals surface area (Å²) in [5, 5.41) is 9.21. The number of aromatic amines is 1. The molecule has 0 fully saturated rings. The number of nitrogens with zero attached hydrogens (tertiary/aromatic N) is 1. The molecule has 0 aliphatic rings. The van der Waals surface area contributed by atoms with Gasteiger partial charge in [0.2, 0.25) is 5.91 Å². The van der Waals surface area contributed by atoms with E-state index in [1.54, 1.807) is 12.4 Å². The molecule has 4 N–H and O–H groups in total. The van der Waals surface area contributed by atoms with Gasteiger partial charge in [0.15, 0.2) is 0 Å². The number of carbonyl (C=O) groups excluding carboxylic acids is 1. The lowest BCUT2D eigenvalue weighted by atomic mass is 10.3. The molecule has 0 aliphatic heterocycles. The minimum atomic E-state index is 0.0339. The molecule has 1 aromatic rings. The third-order valence-corrected chi connectivity index (χ3v) is 1.65. The van der Waals surface area contributed by atoms with Gasteiger partial charge >= 0.3 is 0 Å². The van der Waals surface area contributed by atoms with Crippen LogP contribution in [0.4, 0.5) is 0 Å². The van der Waals surface area contributed by atoms with Crippen LogP contribution in [0.15, 0.2) is 12.4 Å². The maximum atomic E-state index is 11.1. The number of hydrogen-bond donors (Lipinski definition) is 3. The van der Waals surface area contributed by atoms with Gasteiger partial charge in [0.25, 0.3) is 0 Å². The van der Waals surface area contributed by atoms with Crippen LogP contribution >= 0.6 is 0 Å². The van der Waals surface area contributed by atoms with E-state index in [2.05, 4.69) is 15.5 Å². The van der Waals surface area contributed by atoms with Crippen LogP contribution in [-0.4, -0.2) is 22.6 Å². The van der Waals surface area contributed by atoms with Crippen molar-refractivity contribution in [2.24, 2.45) is 5.73 Å². The summed E-state index contributed by atoms with van der Waals surface area (Å²) < 4.78 is 0. The van der Waals surface area contributed by atoms with Gasteiger partial charge in [-0.2, -0.15) is 5.10 Å². The Morgan fingerprint density at radius 1 is 1.69 bits per heavy atom. The summed E-state index contributed by atoms with van der Waals surface area (Å²) >= 11 is 0. The molecule has 0 aliphatic carbocycles. The van der Waals surface area contributed by atoms with Gasteiger partial charge in [0.05, 0.1) is 6.20 Å². The largest absolute Gasteiger partial charge is 0.352 e. The molecule has 0 saturated heterocycles. The van der Waals surface area contributed by atoms with Gasteiger partial charge < -0.3 is 11.1 Å². The number of amides is 1. The number of carbonyl (C=O) groups is 1. The first kappa shape index (κ1) is 9.73. The van der Waals surface area contributed by atoms with E-state index < -0.39 is 0 Å². The van der Waals surface area contributed by atoms with E-state index in [0.29, 0.717) is 19.5 Å². The number of rotatable bonds is 5. The van der Waals surface area contributed by atoms with Crippen LogP contribution < -0.4 is 11.1 Å². The lowest BCUT2D eigenvalue weighted by Crippen LogP contribution is -2.22. The van der Waals surface area contributed by atoms with Crippen molar-refractivity contribution >= 4 is 5.91 Å². The van der Waals surface area contributed by atoms with Crippen LogP contribution in [0.1, 0.15) is 18.4 Å². The summed E-state index contributed by atoms with van der Waals surface area (Å²) in [5.74, 6) is 0.0339. The summed E-state index contributed by atoms with van der Waals surface area (Å²) in [6, 6.07) is 0. The lowest BCUT2D eigenvalue weighted by molar-refractivity contribution is -0.121. The second kappa shape index (κ2) is 5.31. The second-order valence-electron chi connectivity index (χ2n) is 2.78. The average Bonchev–Trinajstić information content (AvgIpc) is 2.64. The highest BCUT2D eigenvalue weighted by atomic mass is 16.1. The fourth-order valence-electron chi connectivity index (χ4n) is 0.926. The molecule has 1 rings (SSSR count). The van der Waals surface area contributed by atoms with Crippen molar-refractivity contribution in [1.82, 2.24) is 15.5 Å². The molecule has 5 heteroatoms. The monoisotopic (exact) mass is 182 g/mol. The van der Waals surface area contributed by atoms with Crippen molar-refractivity contribution < 1.29 is 4.79 Å². The Morgan fingerprint density at radius 2 is 2.54 bits per heavy atom. The van der Waals surface area contributed by atoms with E-state index in [-0.39, 0.29) is 5.91 Å². The zero-order valence-electron chi connectivity index (χ0n) is 7.42. The Balaban J connectivity index is 2.15. The summed E-state index contributed by atoms with van der Waals surface area (Å²) in [6.45, 7) is 1.08. The first-order chi connectivity index (χ1) is 6.33. The zero-order chi connectivity index (χ0) is 9.52. The average molecular weight is 182 g/mol. The smallest absolute Gasteiger partial charge is 0.220 e. The van der Waals surface area contributed by atoms with Crippen molar-refractivity contribution in [3.8, 4) is 0 Å². The minimum Gasteiger partial charge on any atom is -0.352 e. The molecule has 72 valence electrons. The molecule has 0 unspecified atom stereocenters. The van der Waals surface area contributed by atoms with Crippen LogP contribution in [0.3, 0.4) is 0 Å². The predicted molar refractivity (Wildman–Crippen MR) is 48.7 cm³/mol. The van der Waals surface area contributed by atoms with Gasteiger partial charge in [-0.25, -0.2) is 0 Å². The summed E-state index contributed by atoms with van der Waals surface area (Å²) in [6.07, 6.45) is 4.66. The fourth-order valence-corrected chi connectivity index (χ4v) is 0.926. The van der Waals surface area contributed by atoms with E-state index in [0.717, 1.165) is 12.0 Å². The summed E-state index contributed by atoms with van der Waals surface area (Å²) in [4.78, 5) is 11.1. The highest BCUT2D eigenvalue weighted by Gasteiger charge is 2.00. The number of H-pyrrole nitrogens is 1. The zero-order valence-corrected chi connectivity index (χ0v) is 7.42. The van der Waals surface area contributed by atoms with Crippen molar-refractivity contribution in [2.45, 2.75) is 19.4 Å². The Kier molecular flexibility index (Phi) is 3.98. The molecule has 5 nitrogen and oxygen atoms in total.